The van der Waals surface area contributed by atoms with Crippen molar-refractivity contribution in [1.82, 2.24) is 38.9 Å². The molecule has 0 radical (unpaired) electrons. The van der Waals surface area contributed by atoms with E-state index in [1.807, 2.05) is 28.8 Å². The van der Waals surface area contributed by atoms with Gasteiger partial charge in [0.15, 0.2) is 11.2 Å². The van der Waals surface area contributed by atoms with Gasteiger partial charge in [-0.2, -0.15) is 4.68 Å². The highest BCUT2D eigenvalue weighted by molar-refractivity contribution is 5.73. The van der Waals surface area contributed by atoms with Crippen molar-refractivity contribution in [3.8, 4) is 16.8 Å². The van der Waals surface area contributed by atoms with Crippen molar-refractivity contribution < 1.29 is 0 Å². The SMILES string of the molecule is CCCCc1nc2c(c(=O)n(C)c(=O)n2CC(C)C)n1Cc1ccc(-c2ccccc2-n2cnnn2)cc1. The molecule has 0 bridgehead atoms. The summed E-state index contributed by atoms with van der Waals surface area (Å²) in [5.41, 5.74) is 4.28. The molecular weight excluding hydrogens is 480 g/mol. The van der Waals surface area contributed by atoms with Gasteiger partial charge < -0.3 is 4.57 Å². The maximum atomic E-state index is 13.3. The Morgan fingerprint density at radius 2 is 1.74 bits per heavy atom. The first kappa shape index (κ1) is 25.3. The lowest BCUT2D eigenvalue weighted by molar-refractivity contribution is 0.500. The number of hydrogen-bond acceptors (Lipinski definition) is 6. The van der Waals surface area contributed by atoms with Crippen molar-refractivity contribution in [1.29, 1.82) is 0 Å². The molecule has 0 fully saturated rings. The first-order valence-electron chi connectivity index (χ1n) is 13.0. The van der Waals surface area contributed by atoms with E-state index in [1.54, 1.807) is 22.6 Å². The molecule has 0 saturated heterocycles. The summed E-state index contributed by atoms with van der Waals surface area (Å²) >= 11 is 0. The average molecular weight is 513 g/mol. The minimum absolute atomic E-state index is 0.237. The topological polar surface area (TPSA) is 105 Å². The second-order valence-corrected chi connectivity index (χ2v) is 10.0. The number of unbranched alkanes of at least 4 members (excludes halogenated alkanes) is 1. The lowest BCUT2D eigenvalue weighted by Crippen LogP contribution is -2.39. The number of tetrazole rings is 1. The van der Waals surface area contributed by atoms with Gasteiger partial charge in [0.05, 0.1) is 5.69 Å². The van der Waals surface area contributed by atoms with Gasteiger partial charge in [0, 0.05) is 32.1 Å². The molecule has 0 aliphatic rings. The molecule has 3 heterocycles. The Bertz CT molecular complexity index is 1680. The number of para-hydroxylation sites is 1. The number of imidazole rings is 1. The van der Waals surface area contributed by atoms with Gasteiger partial charge in [0.1, 0.15) is 12.2 Å². The van der Waals surface area contributed by atoms with Crippen LogP contribution in [0.3, 0.4) is 0 Å². The molecule has 2 aromatic carbocycles. The van der Waals surface area contributed by atoms with Gasteiger partial charge in [0.2, 0.25) is 0 Å². The molecule has 0 unspecified atom stereocenters. The molecule has 10 heteroatoms. The van der Waals surface area contributed by atoms with Gasteiger partial charge in [0.25, 0.3) is 5.56 Å². The third kappa shape index (κ3) is 4.69. The fourth-order valence-corrected chi connectivity index (χ4v) is 4.79. The number of nitrogens with zero attached hydrogens (tertiary/aromatic N) is 8. The molecule has 3 aromatic heterocycles. The van der Waals surface area contributed by atoms with E-state index in [0.29, 0.717) is 24.3 Å². The smallest absolute Gasteiger partial charge is 0.318 e. The van der Waals surface area contributed by atoms with E-state index in [1.165, 1.54) is 4.57 Å². The maximum Gasteiger partial charge on any atom is 0.332 e. The fourth-order valence-electron chi connectivity index (χ4n) is 4.79. The first-order chi connectivity index (χ1) is 18.4. The van der Waals surface area contributed by atoms with Gasteiger partial charge in [-0.25, -0.2) is 9.78 Å². The molecule has 0 aliphatic heterocycles. The van der Waals surface area contributed by atoms with Crippen LogP contribution in [0.2, 0.25) is 0 Å². The van der Waals surface area contributed by atoms with Crippen molar-refractivity contribution in [2.45, 2.75) is 53.1 Å². The predicted octanol–water partition coefficient (Wildman–Crippen LogP) is 3.59. The summed E-state index contributed by atoms with van der Waals surface area (Å²) in [6, 6.07) is 16.2. The summed E-state index contributed by atoms with van der Waals surface area (Å²) in [5.74, 6) is 1.07. The molecule has 10 nitrogen and oxygen atoms in total. The van der Waals surface area contributed by atoms with E-state index in [4.69, 9.17) is 4.98 Å². The van der Waals surface area contributed by atoms with Crippen LogP contribution >= 0.6 is 0 Å². The lowest BCUT2D eigenvalue weighted by atomic mass is 10.0. The Morgan fingerprint density at radius 1 is 0.974 bits per heavy atom. The Kier molecular flexibility index (Phi) is 7.04. The molecule has 5 aromatic rings. The molecule has 0 aliphatic carbocycles. The molecule has 0 amide bonds. The van der Waals surface area contributed by atoms with E-state index in [0.717, 1.165) is 47.5 Å². The Morgan fingerprint density at radius 3 is 2.42 bits per heavy atom. The molecule has 38 heavy (non-hydrogen) atoms. The normalized spacial score (nSPS) is 11.6. The second kappa shape index (κ2) is 10.6. The largest absolute Gasteiger partial charge is 0.332 e. The van der Waals surface area contributed by atoms with E-state index in [-0.39, 0.29) is 17.2 Å². The van der Waals surface area contributed by atoms with Crippen LogP contribution in [0.1, 0.15) is 45.0 Å². The predicted molar refractivity (Wildman–Crippen MR) is 146 cm³/mol. The van der Waals surface area contributed by atoms with E-state index in [2.05, 4.69) is 60.6 Å². The minimum atomic E-state index is -0.325. The highest BCUT2D eigenvalue weighted by Gasteiger charge is 2.21. The van der Waals surface area contributed by atoms with Gasteiger partial charge in [-0.3, -0.25) is 13.9 Å². The zero-order valence-corrected chi connectivity index (χ0v) is 22.2. The number of fused-ring (bicyclic) bond motifs is 1. The number of benzene rings is 2. The lowest BCUT2D eigenvalue weighted by Gasteiger charge is -2.13. The van der Waals surface area contributed by atoms with Gasteiger partial charge in [-0.15, -0.1) is 5.10 Å². The average Bonchev–Trinajstić information content (AvgIpc) is 3.58. The van der Waals surface area contributed by atoms with Crippen LogP contribution in [0.4, 0.5) is 0 Å². The molecule has 196 valence electrons. The Labute approximate surface area is 220 Å². The van der Waals surface area contributed by atoms with Crippen LogP contribution in [-0.4, -0.2) is 38.9 Å². The van der Waals surface area contributed by atoms with Crippen molar-refractivity contribution >= 4 is 11.2 Å². The summed E-state index contributed by atoms with van der Waals surface area (Å²) < 4.78 is 6.48. The molecule has 0 spiro atoms. The van der Waals surface area contributed by atoms with Crippen LogP contribution in [0.25, 0.3) is 28.0 Å². The summed E-state index contributed by atoms with van der Waals surface area (Å²) in [5, 5.41) is 11.6. The van der Waals surface area contributed by atoms with Gasteiger partial charge in [-0.1, -0.05) is 69.7 Å². The number of rotatable bonds is 9. The summed E-state index contributed by atoms with van der Waals surface area (Å²) in [4.78, 5) is 31.2. The van der Waals surface area contributed by atoms with Gasteiger partial charge in [-0.05, 0) is 40.0 Å². The van der Waals surface area contributed by atoms with Crippen molar-refractivity contribution in [3.05, 3.63) is 87.1 Å². The molecule has 0 saturated carbocycles. The maximum absolute atomic E-state index is 13.3. The standard InChI is InChI=1S/C28H32N8O2/c1-5-6-11-24-30-26-25(27(37)33(4)28(38)35(26)16-19(2)3)34(24)17-20-12-14-21(15-13-20)22-9-7-8-10-23(22)36-18-29-31-32-36/h7-10,12-15,18-19H,5-6,11,16-17H2,1-4H3. The fraction of sp³-hybridized carbons (Fsp3) is 0.357. The summed E-state index contributed by atoms with van der Waals surface area (Å²) in [6.07, 6.45) is 4.27. The van der Waals surface area contributed by atoms with E-state index < -0.39 is 0 Å². The zero-order chi connectivity index (χ0) is 26.8. The monoisotopic (exact) mass is 512 g/mol. The number of aryl methyl sites for hydroxylation is 1. The van der Waals surface area contributed by atoms with Crippen molar-refractivity contribution in [3.63, 3.8) is 0 Å². The van der Waals surface area contributed by atoms with E-state index >= 15 is 0 Å². The van der Waals surface area contributed by atoms with Crippen LogP contribution in [0, 0.1) is 5.92 Å². The van der Waals surface area contributed by atoms with E-state index in [9.17, 15) is 9.59 Å². The molecule has 5 rings (SSSR count). The van der Waals surface area contributed by atoms with Crippen molar-refractivity contribution in [2.24, 2.45) is 13.0 Å². The van der Waals surface area contributed by atoms with Crippen LogP contribution < -0.4 is 11.2 Å². The third-order valence-electron chi connectivity index (χ3n) is 6.72. The van der Waals surface area contributed by atoms with Crippen LogP contribution in [0.5, 0.6) is 0 Å². The molecule has 0 atom stereocenters. The van der Waals surface area contributed by atoms with Gasteiger partial charge >= 0.3 is 5.69 Å². The zero-order valence-electron chi connectivity index (χ0n) is 22.2. The van der Waals surface area contributed by atoms with Crippen LogP contribution in [-0.2, 0) is 26.6 Å². The summed E-state index contributed by atoms with van der Waals surface area (Å²) in [6.45, 7) is 7.23. The molecular formula is C28H32N8O2. The van der Waals surface area contributed by atoms with Crippen LogP contribution in [0.15, 0.2) is 64.4 Å². The molecule has 0 N–H and O–H groups in total. The van der Waals surface area contributed by atoms with Crippen molar-refractivity contribution in [2.75, 3.05) is 0 Å². The Balaban J connectivity index is 1.57. The second-order valence-electron chi connectivity index (χ2n) is 10.0. The quantitative estimate of drug-likeness (QED) is 0.299. The highest BCUT2D eigenvalue weighted by atomic mass is 16.2. The number of hydrogen-bond donors (Lipinski definition) is 0. The summed E-state index contributed by atoms with van der Waals surface area (Å²) in [7, 11) is 1.54. The third-order valence-corrected chi connectivity index (χ3v) is 6.72. The minimum Gasteiger partial charge on any atom is -0.318 e. The highest BCUT2D eigenvalue weighted by Crippen LogP contribution is 2.27. The first-order valence-corrected chi connectivity index (χ1v) is 13.0. The number of aromatic nitrogens is 8. The Hall–Kier alpha value is -4.34.